The normalized spacial score (nSPS) is 9.94. The molecular formula is C12H15BrN2O3. The van der Waals surface area contributed by atoms with Crippen molar-refractivity contribution in [2.75, 3.05) is 20.6 Å². The largest absolute Gasteiger partial charge is 0.480 e. The Hall–Kier alpha value is -1.56. The van der Waals surface area contributed by atoms with Crippen LogP contribution in [0.25, 0.3) is 0 Å². The van der Waals surface area contributed by atoms with Crippen LogP contribution in [-0.4, -0.2) is 47.5 Å². The van der Waals surface area contributed by atoms with Crippen molar-refractivity contribution in [3.63, 3.8) is 0 Å². The summed E-state index contributed by atoms with van der Waals surface area (Å²) < 4.78 is 0.922. The number of likely N-dealkylation sites (N-methyl/N-ethyl adjacent to an activating group) is 1. The summed E-state index contributed by atoms with van der Waals surface area (Å²) in [5.41, 5.74) is 0.970. The molecule has 1 rings (SSSR count). The van der Waals surface area contributed by atoms with E-state index in [-0.39, 0.29) is 12.6 Å². The van der Waals surface area contributed by atoms with Gasteiger partial charge >= 0.3 is 12.0 Å². The highest BCUT2D eigenvalue weighted by Gasteiger charge is 2.17. The molecule has 0 aliphatic carbocycles. The Morgan fingerprint density at radius 1 is 1.22 bits per heavy atom. The number of carbonyl (C=O) groups excluding carboxylic acids is 1. The Balaban J connectivity index is 2.65. The molecule has 0 spiro atoms. The van der Waals surface area contributed by atoms with Crippen molar-refractivity contribution in [2.24, 2.45) is 0 Å². The van der Waals surface area contributed by atoms with Gasteiger partial charge in [-0.25, -0.2) is 4.79 Å². The molecule has 0 aromatic heterocycles. The molecule has 1 aromatic rings. The molecule has 0 radical (unpaired) electrons. The van der Waals surface area contributed by atoms with E-state index in [4.69, 9.17) is 5.11 Å². The second-order valence-electron chi connectivity index (χ2n) is 3.98. The van der Waals surface area contributed by atoms with Crippen LogP contribution in [0.5, 0.6) is 0 Å². The number of urea groups is 1. The first-order valence-electron chi connectivity index (χ1n) is 5.33. The molecule has 0 saturated carbocycles. The molecule has 0 aliphatic rings. The van der Waals surface area contributed by atoms with Crippen molar-refractivity contribution in [3.05, 3.63) is 34.3 Å². The van der Waals surface area contributed by atoms with Crippen molar-refractivity contribution in [3.8, 4) is 0 Å². The second kappa shape index (κ2) is 6.39. The van der Waals surface area contributed by atoms with Crippen molar-refractivity contribution in [1.82, 2.24) is 9.80 Å². The number of benzene rings is 1. The minimum absolute atomic E-state index is 0.306. The number of aliphatic carboxylic acids is 1. The van der Waals surface area contributed by atoms with Gasteiger partial charge in [-0.1, -0.05) is 34.1 Å². The second-order valence-corrected chi connectivity index (χ2v) is 4.83. The smallest absolute Gasteiger partial charge is 0.323 e. The third kappa shape index (κ3) is 4.03. The highest BCUT2D eigenvalue weighted by molar-refractivity contribution is 9.10. The lowest BCUT2D eigenvalue weighted by atomic mass is 10.2. The average Bonchev–Trinajstić information content (AvgIpc) is 2.30. The fraction of sp³-hybridized carbons (Fsp3) is 0.333. The molecule has 98 valence electrons. The molecule has 0 heterocycles. The molecule has 6 heteroatoms. The zero-order valence-corrected chi connectivity index (χ0v) is 11.8. The highest BCUT2D eigenvalue weighted by atomic mass is 79.9. The molecule has 5 nitrogen and oxygen atoms in total. The number of amides is 2. The third-order valence-corrected chi connectivity index (χ3v) is 3.16. The molecule has 2 amide bonds. The maximum atomic E-state index is 11.9. The van der Waals surface area contributed by atoms with Gasteiger partial charge < -0.3 is 14.9 Å². The van der Waals surface area contributed by atoms with Crippen LogP contribution in [-0.2, 0) is 11.3 Å². The quantitative estimate of drug-likeness (QED) is 0.925. The minimum atomic E-state index is -1.03. The maximum absolute atomic E-state index is 11.9. The monoisotopic (exact) mass is 314 g/mol. The number of carbonyl (C=O) groups is 2. The Morgan fingerprint density at radius 3 is 2.39 bits per heavy atom. The van der Waals surface area contributed by atoms with E-state index in [2.05, 4.69) is 15.9 Å². The molecule has 1 aromatic carbocycles. The Kier molecular flexibility index (Phi) is 5.15. The number of halogens is 1. The number of nitrogens with zero attached hydrogens (tertiary/aromatic N) is 2. The molecular weight excluding hydrogens is 300 g/mol. The third-order valence-electron chi connectivity index (χ3n) is 2.39. The summed E-state index contributed by atoms with van der Waals surface area (Å²) in [5, 5.41) is 8.63. The summed E-state index contributed by atoms with van der Waals surface area (Å²) in [6, 6.07) is 7.26. The lowest BCUT2D eigenvalue weighted by molar-refractivity contribution is -0.137. The molecule has 1 N–H and O–H groups in total. The number of hydrogen-bond acceptors (Lipinski definition) is 2. The van der Waals surface area contributed by atoms with E-state index in [1.54, 1.807) is 7.05 Å². The first kappa shape index (κ1) is 14.5. The Labute approximate surface area is 114 Å². The summed E-state index contributed by atoms with van der Waals surface area (Å²) in [5.74, 6) is -1.03. The number of hydrogen-bond donors (Lipinski definition) is 1. The first-order valence-corrected chi connectivity index (χ1v) is 6.12. The summed E-state index contributed by atoms with van der Waals surface area (Å²) >= 11 is 3.41. The van der Waals surface area contributed by atoms with Crippen LogP contribution in [0.1, 0.15) is 5.56 Å². The van der Waals surface area contributed by atoms with Gasteiger partial charge in [0.15, 0.2) is 0 Å². The van der Waals surface area contributed by atoms with Crippen LogP contribution in [0.3, 0.4) is 0 Å². The highest BCUT2D eigenvalue weighted by Crippen LogP contribution is 2.17. The molecule has 0 fully saturated rings. The Bertz CT molecular complexity index is 451. The molecule has 0 atom stereocenters. The van der Waals surface area contributed by atoms with Gasteiger partial charge in [-0.3, -0.25) is 4.79 Å². The van der Waals surface area contributed by atoms with Gasteiger partial charge in [0, 0.05) is 25.1 Å². The van der Waals surface area contributed by atoms with Gasteiger partial charge in [-0.05, 0) is 11.6 Å². The first-order chi connectivity index (χ1) is 8.41. The Morgan fingerprint density at radius 2 is 1.83 bits per heavy atom. The van der Waals surface area contributed by atoms with Crippen molar-refractivity contribution in [2.45, 2.75) is 6.54 Å². The summed E-state index contributed by atoms with van der Waals surface area (Å²) in [6.07, 6.45) is 0. The molecule has 0 unspecified atom stereocenters. The van der Waals surface area contributed by atoms with Gasteiger partial charge in [-0.2, -0.15) is 0 Å². The number of rotatable bonds is 4. The van der Waals surface area contributed by atoms with Crippen LogP contribution in [0.4, 0.5) is 4.79 Å². The van der Waals surface area contributed by atoms with E-state index in [1.807, 2.05) is 24.3 Å². The van der Waals surface area contributed by atoms with Gasteiger partial charge in [-0.15, -0.1) is 0 Å². The number of carboxylic acid groups (broad SMARTS) is 1. The van der Waals surface area contributed by atoms with Crippen LogP contribution in [0, 0.1) is 0 Å². The van der Waals surface area contributed by atoms with E-state index in [9.17, 15) is 9.59 Å². The van der Waals surface area contributed by atoms with E-state index >= 15 is 0 Å². The van der Waals surface area contributed by atoms with E-state index in [0.717, 1.165) is 10.0 Å². The van der Waals surface area contributed by atoms with Gasteiger partial charge in [0.2, 0.25) is 0 Å². The van der Waals surface area contributed by atoms with E-state index in [1.165, 1.54) is 16.8 Å². The molecule has 0 bridgehead atoms. The molecule has 18 heavy (non-hydrogen) atoms. The van der Waals surface area contributed by atoms with E-state index < -0.39 is 5.97 Å². The van der Waals surface area contributed by atoms with Crippen LogP contribution < -0.4 is 0 Å². The van der Waals surface area contributed by atoms with Gasteiger partial charge in [0.25, 0.3) is 0 Å². The van der Waals surface area contributed by atoms with Crippen LogP contribution >= 0.6 is 15.9 Å². The predicted molar refractivity (Wildman–Crippen MR) is 71.3 cm³/mol. The molecule has 0 saturated heterocycles. The topological polar surface area (TPSA) is 60.9 Å². The number of carboxylic acids is 1. The van der Waals surface area contributed by atoms with Crippen LogP contribution in [0.2, 0.25) is 0 Å². The standard InChI is InChI=1S/C12H15BrN2O3/c1-14(12(18)15(2)8-11(16)17)7-9-5-3-4-6-10(9)13/h3-6H,7-8H2,1-2H3,(H,16,17). The molecule has 0 aliphatic heterocycles. The fourth-order valence-corrected chi connectivity index (χ4v) is 1.92. The predicted octanol–water partition coefficient (Wildman–Crippen LogP) is 2.02. The fourth-order valence-electron chi connectivity index (χ4n) is 1.51. The van der Waals surface area contributed by atoms with Gasteiger partial charge in [0.1, 0.15) is 6.54 Å². The van der Waals surface area contributed by atoms with Crippen molar-refractivity contribution in [1.29, 1.82) is 0 Å². The zero-order valence-electron chi connectivity index (χ0n) is 10.3. The average molecular weight is 315 g/mol. The van der Waals surface area contributed by atoms with Crippen molar-refractivity contribution >= 4 is 27.9 Å². The van der Waals surface area contributed by atoms with E-state index in [0.29, 0.717) is 6.54 Å². The summed E-state index contributed by atoms with van der Waals surface area (Å²) in [6.45, 7) is 0.114. The lowest BCUT2D eigenvalue weighted by Gasteiger charge is -2.24. The minimum Gasteiger partial charge on any atom is -0.480 e. The summed E-state index contributed by atoms with van der Waals surface area (Å²) in [4.78, 5) is 25.0. The van der Waals surface area contributed by atoms with Gasteiger partial charge in [0.05, 0.1) is 0 Å². The lowest BCUT2D eigenvalue weighted by Crippen LogP contribution is -2.40. The SMILES string of the molecule is CN(CC(=O)O)C(=O)N(C)Cc1ccccc1Br. The summed E-state index contributed by atoms with van der Waals surface area (Å²) in [7, 11) is 3.10. The maximum Gasteiger partial charge on any atom is 0.323 e. The van der Waals surface area contributed by atoms with Crippen LogP contribution in [0.15, 0.2) is 28.7 Å². The van der Waals surface area contributed by atoms with Crippen molar-refractivity contribution < 1.29 is 14.7 Å². The zero-order chi connectivity index (χ0) is 13.7.